The van der Waals surface area contributed by atoms with E-state index < -0.39 is 11.4 Å². The van der Waals surface area contributed by atoms with Crippen molar-refractivity contribution in [2.45, 2.75) is 19.3 Å². The number of hydrogen-bond acceptors (Lipinski definition) is 3. The lowest BCUT2D eigenvalue weighted by molar-refractivity contribution is -0.142. The van der Waals surface area contributed by atoms with E-state index in [1.54, 1.807) is 27.2 Å². The van der Waals surface area contributed by atoms with Crippen LogP contribution in [-0.4, -0.2) is 28.2 Å². The number of carboxylic acids is 1. The number of aromatic nitrogens is 2. The van der Waals surface area contributed by atoms with Crippen molar-refractivity contribution in [2.75, 3.05) is 7.11 Å². The normalized spacial score (nSPS) is 11.3. The predicted molar refractivity (Wildman–Crippen MR) is 71.2 cm³/mol. The zero-order valence-electron chi connectivity index (χ0n) is 11.1. The molecule has 2 N–H and O–H groups in total. The number of carboxylic acid groups (broad SMARTS) is 1. The molecule has 0 saturated heterocycles. The van der Waals surface area contributed by atoms with Crippen molar-refractivity contribution in [1.82, 2.24) is 9.97 Å². The lowest BCUT2D eigenvalue weighted by Gasteiger charge is -2.15. The molecule has 19 heavy (non-hydrogen) atoms. The SMILES string of the molecule is COc1ccc(-c2cnc(C(C)(C)C(=O)O)[nH]2)cc1. The monoisotopic (exact) mass is 260 g/mol. The molecule has 2 rings (SSSR count). The van der Waals surface area contributed by atoms with E-state index in [0.717, 1.165) is 17.0 Å². The fourth-order valence-corrected chi connectivity index (χ4v) is 1.66. The molecule has 0 fully saturated rings. The predicted octanol–water partition coefficient (Wildman–Crippen LogP) is 2.45. The van der Waals surface area contributed by atoms with Gasteiger partial charge >= 0.3 is 5.97 Å². The average Bonchev–Trinajstić information content (AvgIpc) is 2.89. The van der Waals surface area contributed by atoms with Crippen LogP contribution in [0.25, 0.3) is 11.3 Å². The van der Waals surface area contributed by atoms with Gasteiger partial charge in [0, 0.05) is 0 Å². The maximum absolute atomic E-state index is 11.2. The number of carbonyl (C=O) groups is 1. The van der Waals surface area contributed by atoms with Gasteiger partial charge in [0.2, 0.25) is 0 Å². The third kappa shape index (κ3) is 2.45. The topological polar surface area (TPSA) is 75.2 Å². The van der Waals surface area contributed by atoms with Crippen molar-refractivity contribution in [2.24, 2.45) is 0 Å². The fraction of sp³-hybridized carbons (Fsp3) is 0.286. The summed E-state index contributed by atoms with van der Waals surface area (Å²) in [6.45, 7) is 3.23. The average molecular weight is 260 g/mol. The molecule has 1 aromatic heterocycles. The van der Waals surface area contributed by atoms with Crippen LogP contribution in [0.2, 0.25) is 0 Å². The minimum absolute atomic E-state index is 0.436. The van der Waals surface area contributed by atoms with Crippen LogP contribution in [0.15, 0.2) is 30.5 Å². The first kappa shape index (κ1) is 13.1. The van der Waals surface area contributed by atoms with Crippen molar-refractivity contribution < 1.29 is 14.6 Å². The first-order valence-corrected chi connectivity index (χ1v) is 5.88. The summed E-state index contributed by atoms with van der Waals surface area (Å²) in [5, 5.41) is 9.17. The summed E-state index contributed by atoms with van der Waals surface area (Å²) in [5.74, 6) is 0.295. The Morgan fingerprint density at radius 1 is 1.32 bits per heavy atom. The molecule has 5 heteroatoms. The number of aromatic amines is 1. The number of imidazole rings is 1. The summed E-state index contributed by atoms with van der Waals surface area (Å²) in [6, 6.07) is 7.48. The molecule has 100 valence electrons. The number of ether oxygens (including phenoxy) is 1. The highest BCUT2D eigenvalue weighted by Gasteiger charge is 2.32. The van der Waals surface area contributed by atoms with Crippen LogP contribution in [0.3, 0.4) is 0 Å². The smallest absolute Gasteiger partial charge is 0.316 e. The highest BCUT2D eigenvalue weighted by Crippen LogP contribution is 2.25. The molecule has 0 radical (unpaired) electrons. The Bertz CT molecular complexity index is 585. The molecule has 2 aromatic rings. The minimum atomic E-state index is -1.04. The highest BCUT2D eigenvalue weighted by atomic mass is 16.5. The van der Waals surface area contributed by atoms with Gasteiger partial charge in [-0.3, -0.25) is 4.79 Å². The fourth-order valence-electron chi connectivity index (χ4n) is 1.66. The van der Waals surface area contributed by atoms with E-state index in [4.69, 9.17) is 9.84 Å². The van der Waals surface area contributed by atoms with Gasteiger partial charge in [0.05, 0.1) is 19.0 Å². The second kappa shape index (κ2) is 4.76. The number of methoxy groups -OCH3 is 1. The molecule has 1 aromatic carbocycles. The van der Waals surface area contributed by atoms with E-state index in [1.807, 2.05) is 24.3 Å². The second-order valence-electron chi connectivity index (χ2n) is 4.80. The molecular formula is C14H16N2O3. The summed E-state index contributed by atoms with van der Waals surface area (Å²) in [4.78, 5) is 18.4. The Kier molecular flexibility index (Phi) is 3.29. The van der Waals surface area contributed by atoms with Crippen molar-refractivity contribution >= 4 is 5.97 Å². The largest absolute Gasteiger partial charge is 0.497 e. The molecule has 1 heterocycles. The summed E-state index contributed by atoms with van der Waals surface area (Å²) in [7, 11) is 1.61. The Hall–Kier alpha value is -2.30. The van der Waals surface area contributed by atoms with Gasteiger partial charge in [0.25, 0.3) is 0 Å². The maximum Gasteiger partial charge on any atom is 0.316 e. The molecule has 0 aliphatic heterocycles. The van der Waals surface area contributed by atoms with Gasteiger partial charge in [-0.25, -0.2) is 4.98 Å². The van der Waals surface area contributed by atoms with Crippen LogP contribution in [0, 0.1) is 0 Å². The van der Waals surface area contributed by atoms with E-state index >= 15 is 0 Å². The van der Waals surface area contributed by atoms with Crippen LogP contribution < -0.4 is 4.74 Å². The van der Waals surface area contributed by atoms with Crippen LogP contribution in [0.4, 0.5) is 0 Å². The number of rotatable bonds is 4. The molecule has 0 aliphatic carbocycles. The molecule has 0 spiro atoms. The van der Waals surface area contributed by atoms with Crippen molar-refractivity contribution in [3.63, 3.8) is 0 Å². The first-order chi connectivity index (χ1) is 8.95. The van der Waals surface area contributed by atoms with E-state index in [2.05, 4.69) is 9.97 Å². The van der Waals surface area contributed by atoms with Crippen molar-refractivity contribution in [3.8, 4) is 17.0 Å². The molecular weight excluding hydrogens is 244 g/mol. The summed E-state index contributed by atoms with van der Waals surface area (Å²) in [6.07, 6.45) is 1.64. The number of aliphatic carboxylic acids is 1. The lowest BCUT2D eigenvalue weighted by atomic mass is 9.93. The molecule has 0 amide bonds. The van der Waals surface area contributed by atoms with Crippen LogP contribution >= 0.6 is 0 Å². The zero-order valence-corrected chi connectivity index (χ0v) is 11.1. The Morgan fingerprint density at radius 2 is 1.95 bits per heavy atom. The van der Waals surface area contributed by atoms with Gasteiger partial charge in [-0.1, -0.05) is 0 Å². The van der Waals surface area contributed by atoms with Gasteiger partial charge in [0.15, 0.2) is 0 Å². The second-order valence-corrected chi connectivity index (χ2v) is 4.80. The van der Waals surface area contributed by atoms with Crippen LogP contribution in [-0.2, 0) is 10.2 Å². The number of H-pyrrole nitrogens is 1. The molecule has 0 bridgehead atoms. The highest BCUT2D eigenvalue weighted by molar-refractivity contribution is 5.79. The lowest BCUT2D eigenvalue weighted by Crippen LogP contribution is -2.29. The maximum atomic E-state index is 11.2. The van der Waals surface area contributed by atoms with E-state index in [9.17, 15) is 4.79 Å². The number of nitrogens with one attached hydrogen (secondary N) is 1. The number of nitrogens with zero attached hydrogens (tertiary/aromatic N) is 1. The van der Waals surface area contributed by atoms with E-state index in [-0.39, 0.29) is 0 Å². The van der Waals surface area contributed by atoms with Gasteiger partial charge in [-0.05, 0) is 43.7 Å². The Morgan fingerprint density at radius 3 is 2.47 bits per heavy atom. The third-order valence-electron chi connectivity index (χ3n) is 3.10. The van der Waals surface area contributed by atoms with Crippen molar-refractivity contribution in [3.05, 3.63) is 36.3 Å². The van der Waals surface area contributed by atoms with Crippen LogP contribution in [0.1, 0.15) is 19.7 Å². The van der Waals surface area contributed by atoms with Crippen LogP contribution in [0.5, 0.6) is 5.75 Å². The first-order valence-electron chi connectivity index (χ1n) is 5.88. The number of benzene rings is 1. The Labute approximate surface area is 111 Å². The van der Waals surface area contributed by atoms with Crippen molar-refractivity contribution in [1.29, 1.82) is 0 Å². The Balaban J connectivity index is 2.32. The molecule has 0 aliphatic rings. The van der Waals surface area contributed by atoms with Gasteiger partial charge in [0.1, 0.15) is 17.0 Å². The van der Waals surface area contributed by atoms with E-state index in [1.165, 1.54) is 0 Å². The summed E-state index contributed by atoms with van der Waals surface area (Å²) >= 11 is 0. The van der Waals surface area contributed by atoms with Gasteiger partial charge < -0.3 is 14.8 Å². The zero-order chi connectivity index (χ0) is 14.0. The third-order valence-corrected chi connectivity index (χ3v) is 3.10. The number of hydrogen-bond donors (Lipinski definition) is 2. The molecule has 5 nitrogen and oxygen atoms in total. The minimum Gasteiger partial charge on any atom is -0.497 e. The molecule has 0 unspecified atom stereocenters. The summed E-state index contributed by atoms with van der Waals surface area (Å²) in [5.41, 5.74) is 0.678. The molecule has 0 atom stereocenters. The molecule has 0 saturated carbocycles. The quantitative estimate of drug-likeness (QED) is 0.885. The van der Waals surface area contributed by atoms with Gasteiger partial charge in [-0.2, -0.15) is 0 Å². The standard InChI is InChI=1S/C14H16N2O3/c1-14(2,13(17)18)12-15-8-11(16-12)9-4-6-10(19-3)7-5-9/h4-8H,1-3H3,(H,15,16)(H,17,18). The van der Waals surface area contributed by atoms with E-state index in [0.29, 0.717) is 5.82 Å². The summed E-state index contributed by atoms with van der Waals surface area (Å²) < 4.78 is 5.09. The van der Waals surface area contributed by atoms with Gasteiger partial charge in [-0.15, -0.1) is 0 Å².